The highest BCUT2D eigenvalue weighted by Gasteiger charge is 2.48. The number of ether oxygens (including phenoxy) is 1. The van der Waals surface area contributed by atoms with E-state index in [1.807, 2.05) is 113 Å². The Kier molecular flexibility index (Phi) is 30.5. The van der Waals surface area contributed by atoms with Gasteiger partial charge < -0.3 is 40.3 Å². The fraction of sp³-hybridized carbons (Fsp3) is 0.380. The maximum absolute atomic E-state index is 16.3. The van der Waals surface area contributed by atoms with Crippen LogP contribution in [0.2, 0.25) is 0 Å². The number of benzene rings is 8. The SMILES string of the molecule is CC[N+]1=C(/C=C/C=C/C=C2/N(CCCCCC(=O)NCCCC[C@@H](C(=O)COc3c(F)c(F)c(C(=O)CCCNC(=O)C4CCN(S(=O)(=O)c5ccccc5-c5c6ccc(=[N+]7CCc8cc(S(=O)(=O)O)ccc87)cc-6oc6cc(N7CCc8cc(C)ccc87)ccc56)CC4)c(F)c3F)N3C=C([C@](C)(NC(=O)c4ccsc4)C4CCC(C)CC4)NN3)c3ccc(S(=O)(=O)O)cc3C2(C)C)C(C)(C)c2cc(S(=O)(=O)O)ccc21. The zero-order valence-corrected chi connectivity index (χ0v) is 86.4. The number of Topliss-reactive ketones (excluding diaryl/α,β-unsaturated/α-hetero) is 2. The highest BCUT2D eigenvalue weighted by atomic mass is 32.2. The van der Waals surface area contributed by atoms with E-state index in [1.54, 1.807) is 65.5 Å². The first-order valence-corrected chi connectivity index (χ1v) is 56.0. The molecule has 146 heavy (non-hydrogen) atoms. The molecule has 8 aromatic rings. The number of carbonyl (C=O) groups is 5. The number of allylic oxidation sites excluding steroid dienone is 6. The third kappa shape index (κ3) is 21.4. The van der Waals surface area contributed by atoms with Crippen molar-refractivity contribution in [2.24, 2.45) is 17.8 Å². The topological polar surface area (TPSA) is 384 Å². The van der Waals surface area contributed by atoms with Crippen molar-refractivity contribution in [3.8, 4) is 28.2 Å². The molecule has 1 aromatic heterocycles. The number of nitrogens with one attached hydrogen (secondary N) is 5. The molecule has 0 radical (unpaired) electrons. The third-order valence-electron chi connectivity index (χ3n) is 29.8. The monoisotopic (exact) mass is 2090 g/mol. The van der Waals surface area contributed by atoms with Crippen LogP contribution in [0.25, 0.3) is 33.4 Å². The van der Waals surface area contributed by atoms with Crippen molar-refractivity contribution in [3.05, 3.63) is 266 Å². The van der Waals surface area contributed by atoms with Crippen molar-refractivity contribution in [1.29, 1.82) is 0 Å². The van der Waals surface area contributed by atoms with E-state index in [9.17, 15) is 62.9 Å². The Hall–Kier alpha value is -12.4. The van der Waals surface area contributed by atoms with Gasteiger partial charge in [0.25, 0.3) is 36.3 Å². The number of ketones is 2. The van der Waals surface area contributed by atoms with Crippen molar-refractivity contribution in [2.45, 2.75) is 207 Å². The van der Waals surface area contributed by atoms with E-state index in [-0.39, 0.29) is 102 Å². The fourth-order valence-electron chi connectivity index (χ4n) is 21.7. The van der Waals surface area contributed by atoms with Gasteiger partial charge in [0.2, 0.25) is 50.2 Å². The summed E-state index contributed by atoms with van der Waals surface area (Å²) in [4.78, 5) is 73.4. The molecule has 770 valence electrons. The molecule has 1 saturated heterocycles. The summed E-state index contributed by atoms with van der Waals surface area (Å²) < 4.78 is 217. The molecule has 2 atom stereocenters. The van der Waals surface area contributed by atoms with Gasteiger partial charge in [0.15, 0.2) is 41.2 Å². The van der Waals surface area contributed by atoms with Crippen LogP contribution in [0.15, 0.2) is 222 Å². The number of fused-ring (bicyclic) bond motifs is 6. The van der Waals surface area contributed by atoms with Gasteiger partial charge in [0.05, 0.1) is 53.4 Å². The van der Waals surface area contributed by atoms with E-state index in [0.717, 1.165) is 94.0 Å². The zero-order valence-electron chi connectivity index (χ0n) is 82.3. The number of aryl methyl sites for hydroxylation is 1. The van der Waals surface area contributed by atoms with Crippen molar-refractivity contribution in [1.82, 2.24) is 40.8 Å². The largest absolute Gasteiger partial charge is 0.479 e. The Morgan fingerprint density at radius 3 is 2.08 bits per heavy atom. The average molecular weight is 2100 g/mol. The van der Waals surface area contributed by atoms with E-state index < -0.39 is 134 Å². The van der Waals surface area contributed by atoms with Crippen molar-refractivity contribution >= 4 is 126 Å². The molecule has 0 bridgehead atoms. The van der Waals surface area contributed by atoms with Crippen molar-refractivity contribution < 1.29 is 103 Å². The zero-order chi connectivity index (χ0) is 104. The van der Waals surface area contributed by atoms with Gasteiger partial charge in [-0.05, 0) is 219 Å². The summed E-state index contributed by atoms with van der Waals surface area (Å²) in [6.07, 6.45) is 17.3. The first-order valence-electron chi connectivity index (χ1n) is 49.3. The van der Waals surface area contributed by atoms with Crippen molar-refractivity contribution in [2.75, 3.05) is 68.8 Å². The molecule has 9 aliphatic rings. The maximum Gasteiger partial charge on any atom is 0.294 e. The summed E-state index contributed by atoms with van der Waals surface area (Å²) in [5.74, 6) is -13.1. The number of halogens is 4. The molecule has 2 fully saturated rings. The second kappa shape index (κ2) is 42.5. The van der Waals surface area contributed by atoms with Gasteiger partial charge in [-0.25, -0.2) is 17.2 Å². The molecule has 1 saturated carbocycles. The minimum atomic E-state index is -4.56. The molecular formula is C108H119F4N11O18S5+2. The summed E-state index contributed by atoms with van der Waals surface area (Å²) >= 11 is 1.36. The van der Waals surface area contributed by atoms with E-state index in [4.69, 9.17) is 9.15 Å². The highest BCUT2D eigenvalue weighted by molar-refractivity contribution is 7.89. The second-order valence-electron chi connectivity index (χ2n) is 39.9. The minimum Gasteiger partial charge on any atom is -0.479 e. The molecule has 2 aliphatic carbocycles. The van der Waals surface area contributed by atoms with Gasteiger partial charge >= 0.3 is 0 Å². The van der Waals surface area contributed by atoms with Crippen LogP contribution in [-0.2, 0) is 78.4 Å². The van der Waals surface area contributed by atoms with Gasteiger partial charge in [-0.1, -0.05) is 94.2 Å². The number of rotatable bonds is 37. The summed E-state index contributed by atoms with van der Waals surface area (Å²) in [5, 5.41) is 15.2. The minimum absolute atomic E-state index is 0.000921. The van der Waals surface area contributed by atoms with Crippen LogP contribution >= 0.6 is 11.3 Å². The molecule has 7 aliphatic heterocycles. The molecular weight excluding hydrogens is 1980 g/mol. The Morgan fingerprint density at radius 2 is 1.36 bits per heavy atom. The third-order valence-corrected chi connectivity index (χ3v) is 34.9. The standard InChI is InChI=1S/C108H117F4N11O18S5/c1-9-119-85-42-36-76(145(134,135)136)61-81(85)106(4,5)94(119)25-12-10-13-26-95-107(6,7)82-62-77(146(137,138)139)37-43-86(82)122(95)51-19-11-14-27-96(126)113-49-18-17-22-87(123-63-93(116-117-123)108(8,72-31-28-66(2)29-32-72)115-105(128)71-48-56-142-65-71)89(125)64-140-103-101(111)99(109)98(100(110)102(103)112)88(124)23-20-50-114-104(127)68-44-52-118(53-45-68)143(129,130)92-24-16-15-21-80(92)97-78-38-33-73(120-54-46-69-57-67(3)30-40-83(69)120)59-90(78)141-91-60-74(34-39-79(91)97)121-55-47-70-58-75(144(131,132)133)35-41-84(70)121/h10,12-13,15-16,21,24-26,30,33-43,48,56-63,65-66,68,72,87,116-117H,9,11,14,17-20,22-23,27-29,31-32,44-47,49-55,64H2,1-8H3,(H4-2,113,114,115,126,127,128,131,132,133,134,135,136,137,138,139)/p+2/t66?,72?,87-,108+/m0/s1. The number of unbranched alkanes of at least 4 members (excludes halogenated alkanes) is 3. The lowest BCUT2D eigenvalue weighted by Crippen LogP contribution is -2.57. The van der Waals surface area contributed by atoms with E-state index >= 15 is 26.0 Å². The number of amides is 3. The van der Waals surface area contributed by atoms with Crippen LogP contribution in [0.1, 0.15) is 193 Å². The number of hydrogen-bond acceptors (Lipinski definition) is 21. The van der Waals surface area contributed by atoms with Crippen LogP contribution in [0.5, 0.6) is 5.75 Å². The number of thiophene rings is 1. The molecule has 0 spiro atoms. The normalized spacial score (nSPS) is 18.8. The Bertz CT molecular complexity index is 7550. The summed E-state index contributed by atoms with van der Waals surface area (Å²) in [5.41, 5.74) is 15.6. The van der Waals surface area contributed by atoms with Crippen LogP contribution in [0.4, 0.5) is 46.0 Å². The van der Waals surface area contributed by atoms with Gasteiger partial charge in [0.1, 0.15) is 30.5 Å². The molecule has 17 rings (SSSR count). The molecule has 7 aromatic carbocycles. The lowest BCUT2D eigenvalue weighted by molar-refractivity contribution is -0.433. The predicted octanol–water partition coefficient (Wildman–Crippen LogP) is 17.6. The highest BCUT2D eigenvalue weighted by Crippen LogP contribution is 2.51. The second-order valence-corrected chi connectivity index (χ2v) is 46.8. The first-order chi connectivity index (χ1) is 69.4. The van der Waals surface area contributed by atoms with Crippen LogP contribution in [0.3, 0.4) is 0 Å². The Balaban J connectivity index is 0.521. The van der Waals surface area contributed by atoms with Gasteiger partial charge in [-0.2, -0.15) is 58.8 Å². The number of sulfonamides is 1. The van der Waals surface area contributed by atoms with E-state index in [2.05, 4.69) is 73.3 Å². The molecule has 29 nitrogen and oxygen atoms in total. The molecule has 8 heterocycles. The number of piperidine rings is 1. The summed E-state index contributed by atoms with van der Waals surface area (Å²) in [6.45, 7) is 16.9. The molecule has 3 amide bonds. The summed E-state index contributed by atoms with van der Waals surface area (Å²) in [7, 11) is -17.8. The number of anilines is 3. The molecule has 0 unspecified atom stereocenters. The fourth-order valence-corrected chi connectivity index (χ4v) is 25.5. The lowest BCUT2D eigenvalue weighted by atomic mass is 9.71. The van der Waals surface area contributed by atoms with Gasteiger partial charge in [0, 0.05) is 168 Å². The maximum atomic E-state index is 16.3. The van der Waals surface area contributed by atoms with Gasteiger partial charge in [-0.3, -0.25) is 42.6 Å². The van der Waals surface area contributed by atoms with Crippen LogP contribution in [0, 0.1) is 47.9 Å². The molecule has 8 N–H and O–H groups in total. The van der Waals surface area contributed by atoms with E-state index in [0.29, 0.717) is 114 Å². The smallest absolute Gasteiger partial charge is 0.294 e. The Morgan fingerprint density at radius 1 is 0.671 bits per heavy atom. The average Bonchev–Trinajstić information content (AvgIpc) is 1.30. The lowest BCUT2D eigenvalue weighted by Gasteiger charge is -2.42. The Labute approximate surface area is 850 Å². The number of hydrazine groups is 2. The van der Waals surface area contributed by atoms with Gasteiger partial charge in [-0.15, -0.1) is 5.53 Å². The van der Waals surface area contributed by atoms with Crippen molar-refractivity contribution in [3.63, 3.8) is 0 Å². The number of nitrogens with zero attached hydrogens (tertiary/aromatic N) is 6. The number of carbonyl (C=O) groups excluding carboxylic acids is 5. The quantitative estimate of drug-likeness (QED) is 0.00262. The van der Waals surface area contributed by atoms with Crippen LogP contribution in [-0.4, -0.2) is 167 Å². The predicted molar refractivity (Wildman–Crippen MR) is 549 cm³/mol. The molecule has 38 heteroatoms. The van der Waals surface area contributed by atoms with Crippen LogP contribution < -0.4 is 51.4 Å². The van der Waals surface area contributed by atoms with E-state index in [1.165, 1.54) is 62.6 Å². The summed E-state index contributed by atoms with van der Waals surface area (Å²) in [6, 6.07) is 38.5. The number of hydrogen-bond donors (Lipinski definition) is 8. The first kappa shape index (κ1) is 105.